The van der Waals surface area contributed by atoms with Crippen LogP contribution in [0.15, 0.2) is 59.7 Å². The van der Waals surface area contributed by atoms with Gasteiger partial charge in [0.1, 0.15) is 6.61 Å². The molecule has 1 amide bonds. The number of hydrazone groups is 1. The maximum Gasteiger partial charge on any atom is 0.335 e. The molecule has 0 spiro atoms. The van der Waals surface area contributed by atoms with Crippen LogP contribution >= 0.6 is 22.6 Å². The van der Waals surface area contributed by atoms with E-state index in [1.165, 1.54) is 18.3 Å². The van der Waals surface area contributed by atoms with Crippen LogP contribution in [0.25, 0.3) is 0 Å². The van der Waals surface area contributed by atoms with Crippen LogP contribution in [0.2, 0.25) is 0 Å². The molecule has 0 bridgehead atoms. The van der Waals surface area contributed by atoms with Crippen molar-refractivity contribution in [1.82, 2.24) is 5.43 Å². The molecule has 0 radical (unpaired) electrons. The average Bonchev–Trinajstić information content (AvgIpc) is 2.92. The fraction of sp³-hybridized carbons (Fsp3) is 0.276. The second-order valence-electron chi connectivity index (χ2n) is 8.20. The van der Waals surface area contributed by atoms with Crippen molar-refractivity contribution in [2.24, 2.45) is 5.10 Å². The van der Waals surface area contributed by atoms with Gasteiger partial charge in [-0.05, 0) is 96.5 Å². The lowest BCUT2D eigenvalue weighted by Crippen LogP contribution is -2.18. The Morgan fingerprint density at radius 3 is 2.23 bits per heavy atom. The van der Waals surface area contributed by atoms with Gasteiger partial charge in [-0.2, -0.15) is 5.10 Å². The second-order valence-corrected chi connectivity index (χ2v) is 9.36. The van der Waals surface area contributed by atoms with Crippen LogP contribution in [0, 0.1) is 3.57 Å². The van der Waals surface area contributed by atoms with Crippen LogP contribution in [-0.4, -0.2) is 43.0 Å². The van der Waals surface area contributed by atoms with Crippen molar-refractivity contribution in [1.29, 1.82) is 0 Å². The summed E-state index contributed by atoms with van der Waals surface area (Å²) in [5.74, 6) is 0.832. The normalized spacial score (nSPS) is 10.8. The molecule has 206 valence electrons. The number of amides is 1. The van der Waals surface area contributed by atoms with E-state index in [9.17, 15) is 9.59 Å². The molecule has 3 aromatic carbocycles. The van der Waals surface area contributed by atoms with Gasteiger partial charge in [-0.1, -0.05) is 19.1 Å². The maximum absolute atomic E-state index is 12.7. The van der Waals surface area contributed by atoms with Crippen molar-refractivity contribution in [3.8, 4) is 23.0 Å². The third-order valence-electron chi connectivity index (χ3n) is 5.26. The molecule has 0 saturated carbocycles. The SMILES string of the molecule is CCCOc1ccc(C(=O)N/N=C/c2cc(I)c(OCc3ccc(C(=O)O)cc3)c(OCC)c2)cc1OCC. The van der Waals surface area contributed by atoms with Crippen LogP contribution in [0.3, 0.4) is 0 Å². The topological polar surface area (TPSA) is 116 Å². The highest BCUT2D eigenvalue weighted by atomic mass is 127. The minimum atomic E-state index is -0.978. The van der Waals surface area contributed by atoms with Gasteiger partial charge in [-0.25, -0.2) is 10.2 Å². The molecule has 9 nitrogen and oxygen atoms in total. The summed E-state index contributed by atoms with van der Waals surface area (Å²) < 4.78 is 23.9. The van der Waals surface area contributed by atoms with Crippen LogP contribution < -0.4 is 24.4 Å². The van der Waals surface area contributed by atoms with Gasteiger partial charge in [-0.15, -0.1) is 0 Å². The van der Waals surface area contributed by atoms with E-state index in [2.05, 4.69) is 33.1 Å². The van der Waals surface area contributed by atoms with Crippen molar-refractivity contribution in [3.05, 3.63) is 80.4 Å². The minimum Gasteiger partial charge on any atom is -0.490 e. The minimum absolute atomic E-state index is 0.215. The van der Waals surface area contributed by atoms with Gasteiger partial charge in [0, 0.05) is 5.56 Å². The van der Waals surface area contributed by atoms with Crippen LogP contribution in [0.1, 0.15) is 59.0 Å². The van der Waals surface area contributed by atoms with Gasteiger partial charge in [0.15, 0.2) is 23.0 Å². The molecule has 3 rings (SSSR count). The number of nitrogens with one attached hydrogen (secondary N) is 1. The highest BCUT2D eigenvalue weighted by Crippen LogP contribution is 2.34. The quantitative estimate of drug-likeness (QED) is 0.127. The Bertz CT molecular complexity index is 1310. The van der Waals surface area contributed by atoms with E-state index < -0.39 is 5.97 Å². The Morgan fingerprint density at radius 1 is 0.872 bits per heavy atom. The molecule has 0 unspecified atom stereocenters. The van der Waals surface area contributed by atoms with Gasteiger partial charge in [0.25, 0.3) is 5.91 Å². The smallest absolute Gasteiger partial charge is 0.335 e. The van der Waals surface area contributed by atoms with Gasteiger partial charge in [0.05, 0.1) is 35.2 Å². The summed E-state index contributed by atoms with van der Waals surface area (Å²) >= 11 is 2.15. The number of benzene rings is 3. The Labute approximate surface area is 241 Å². The third kappa shape index (κ3) is 8.60. The summed E-state index contributed by atoms with van der Waals surface area (Å²) in [7, 11) is 0. The number of aromatic carboxylic acids is 1. The first-order valence-corrected chi connectivity index (χ1v) is 13.6. The molecular weight excluding hydrogens is 615 g/mol. The van der Waals surface area contributed by atoms with E-state index in [4.69, 9.17) is 24.1 Å². The summed E-state index contributed by atoms with van der Waals surface area (Å²) in [6.45, 7) is 7.43. The van der Waals surface area contributed by atoms with Crippen molar-refractivity contribution in [2.45, 2.75) is 33.8 Å². The van der Waals surface area contributed by atoms with Gasteiger partial charge in [0.2, 0.25) is 0 Å². The fourth-order valence-corrected chi connectivity index (χ4v) is 4.22. The van der Waals surface area contributed by atoms with E-state index in [1.54, 1.807) is 36.4 Å². The Kier molecular flexibility index (Phi) is 11.4. The molecule has 0 aliphatic rings. The average molecular weight is 646 g/mol. The van der Waals surface area contributed by atoms with E-state index in [0.717, 1.165) is 15.6 Å². The van der Waals surface area contributed by atoms with Gasteiger partial charge >= 0.3 is 5.97 Å². The van der Waals surface area contributed by atoms with Crippen molar-refractivity contribution in [3.63, 3.8) is 0 Å². The number of carbonyl (C=O) groups is 2. The first-order chi connectivity index (χ1) is 18.9. The Balaban J connectivity index is 1.70. The van der Waals surface area contributed by atoms with E-state index in [-0.39, 0.29) is 18.1 Å². The standard InChI is InChI=1S/C29H31IN2O7/c1-4-13-38-24-12-11-22(16-25(24)36-5-2)28(33)32-31-17-20-14-23(30)27(26(15-20)37-6-3)39-18-19-7-9-21(10-8-19)29(34)35/h7-12,14-17H,4-6,13,18H2,1-3H3,(H,32,33)(H,34,35)/b31-17+. The van der Waals surface area contributed by atoms with Gasteiger partial charge < -0.3 is 24.1 Å². The van der Waals surface area contributed by atoms with Crippen LogP contribution in [0.4, 0.5) is 0 Å². The molecule has 0 aliphatic carbocycles. The molecule has 0 aliphatic heterocycles. The number of carbonyl (C=O) groups excluding carboxylic acids is 1. The number of nitrogens with zero attached hydrogens (tertiary/aromatic N) is 1. The largest absolute Gasteiger partial charge is 0.490 e. The molecule has 0 heterocycles. The molecule has 0 atom stereocenters. The lowest BCUT2D eigenvalue weighted by atomic mass is 10.1. The number of carboxylic acid groups (broad SMARTS) is 1. The molecule has 10 heteroatoms. The number of rotatable bonds is 14. The van der Waals surface area contributed by atoms with Crippen molar-refractivity contribution < 1.29 is 33.6 Å². The first-order valence-electron chi connectivity index (χ1n) is 12.5. The summed E-state index contributed by atoms with van der Waals surface area (Å²) in [5.41, 5.74) is 4.68. The second kappa shape index (κ2) is 15.0. The number of halogens is 1. The molecule has 0 saturated heterocycles. The van der Waals surface area contributed by atoms with E-state index in [0.29, 0.717) is 53.9 Å². The number of hydrogen-bond acceptors (Lipinski definition) is 7. The predicted octanol–water partition coefficient (Wildman–Crippen LogP) is 5.92. The molecule has 0 fully saturated rings. The number of hydrogen-bond donors (Lipinski definition) is 2. The van der Waals surface area contributed by atoms with Crippen LogP contribution in [0.5, 0.6) is 23.0 Å². The Hall–Kier alpha value is -3.80. The zero-order chi connectivity index (χ0) is 28.2. The summed E-state index contributed by atoms with van der Waals surface area (Å²) in [6, 6.07) is 15.1. The molecule has 2 N–H and O–H groups in total. The highest BCUT2D eigenvalue weighted by Gasteiger charge is 2.14. The molecule has 0 aromatic heterocycles. The Morgan fingerprint density at radius 2 is 1.56 bits per heavy atom. The lowest BCUT2D eigenvalue weighted by Gasteiger charge is -2.15. The fourth-order valence-electron chi connectivity index (χ4n) is 3.44. The molecular formula is C29H31IN2O7. The zero-order valence-electron chi connectivity index (χ0n) is 22.0. The predicted molar refractivity (Wildman–Crippen MR) is 157 cm³/mol. The third-order valence-corrected chi connectivity index (χ3v) is 6.06. The van der Waals surface area contributed by atoms with Crippen LogP contribution in [-0.2, 0) is 6.61 Å². The number of carboxylic acids is 1. The lowest BCUT2D eigenvalue weighted by molar-refractivity contribution is 0.0696. The zero-order valence-corrected chi connectivity index (χ0v) is 24.2. The first kappa shape index (κ1) is 29.8. The summed E-state index contributed by atoms with van der Waals surface area (Å²) in [4.78, 5) is 23.7. The highest BCUT2D eigenvalue weighted by molar-refractivity contribution is 14.1. The van der Waals surface area contributed by atoms with E-state index >= 15 is 0 Å². The number of ether oxygens (including phenoxy) is 4. The monoisotopic (exact) mass is 646 g/mol. The van der Waals surface area contributed by atoms with E-state index in [1.807, 2.05) is 26.8 Å². The molecule has 3 aromatic rings. The summed E-state index contributed by atoms with van der Waals surface area (Å²) in [6.07, 6.45) is 2.39. The van der Waals surface area contributed by atoms with Crippen molar-refractivity contribution >= 4 is 40.7 Å². The van der Waals surface area contributed by atoms with Crippen molar-refractivity contribution in [2.75, 3.05) is 19.8 Å². The van der Waals surface area contributed by atoms with Gasteiger partial charge in [-0.3, -0.25) is 4.79 Å². The molecule has 39 heavy (non-hydrogen) atoms. The summed E-state index contributed by atoms with van der Waals surface area (Å²) in [5, 5.41) is 13.2. The maximum atomic E-state index is 12.7.